The van der Waals surface area contributed by atoms with Crippen molar-refractivity contribution in [3.63, 3.8) is 0 Å². The third-order valence-corrected chi connectivity index (χ3v) is 3.95. The number of rotatable bonds is 3. The van der Waals surface area contributed by atoms with E-state index in [-0.39, 0.29) is 0 Å². The molecule has 1 N–H and O–H groups in total. The van der Waals surface area contributed by atoms with Crippen LogP contribution in [0.2, 0.25) is 0 Å². The molecular formula is C14H15N3S. The molecule has 0 saturated heterocycles. The number of hydrogen-bond acceptors (Lipinski definition) is 3. The normalized spacial score (nSPS) is 11.0. The first-order valence-electron chi connectivity index (χ1n) is 5.93. The predicted molar refractivity (Wildman–Crippen MR) is 77.1 cm³/mol. The molecule has 4 heteroatoms. The maximum Gasteiger partial charge on any atom is 0.0907 e. The number of aryl methyl sites for hydroxylation is 2. The zero-order valence-corrected chi connectivity index (χ0v) is 11.3. The third-order valence-electron chi connectivity index (χ3n) is 3.02. The van der Waals surface area contributed by atoms with Gasteiger partial charge in [0.15, 0.2) is 0 Å². The van der Waals surface area contributed by atoms with Gasteiger partial charge in [0.2, 0.25) is 0 Å². The second kappa shape index (κ2) is 4.46. The van der Waals surface area contributed by atoms with Crippen LogP contribution in [0, 0.1) is 6.92 Å². The zero-order chi connectivity index (χ0) is 12.5. The Morgan fingerprint density at radius 1 is 1.33 bits per heavy atom. The SMILES string of the molecule is Cc1nc2ccc(NCc3cccn3C)cc2s1. The molecule has 0 amide bonds. The average Bonchev–Trinajstić information content (AvgIpc) is 2.90. The van der Waals surface area contributed by atoms with Gasteiger partial charge in [0.25, 0.3) is 0 Å². The summed E-state index contributed by atoms with van der Waals surface area (Å²) >= 11 is 1.74. The largest absolute Gasteiger partial charge is 0.379 e. The molecule has 3 nitrogen and oxygen atoms in total. The topological polar surface area (TPSA) is 29.9 Å². The minimum absolute atomic E-state index is 0.840. The summed E-state index contributed by atoms with van der Waals surface area (Å²) < 4.78 is 3.37. The lowest BCUT2D eigenvalue weighted by Crippen LogP contribution is -2.03. The van der Waals surface area contributed by atoms with Crippen molar-refractivity contribution in [2.24, 2.45) is 7.05 Å². The number of hydrogen-bond donors (Lipinski definition) is 1. The summed E-state index contributed by atoms with van der Waals surface area (Å²) in [6, 6.07) is 10.5. The highest BCUT2D eigenvalue weighted by atomic mass is 32.1. The minimum Gasteiger partial charge on any atom is -0.379 e. The number of anilines is 1. The van der Waals surface area contributed by atoms with Crippen LogP contribution in [0.25, 0.3) is 10.2 Å². The number of aromatic nitrogens is 2. The van der Waals surface area contributed by atoms with Crippen molar-refractivity contribution in [1.82, 2.24) is 9.55 Å². The Labute approximate surface area is 110 Å². The van der Waals surface area contributed by atoms with Gasteiger partial charge in [-0.15, -0.1) is 11.3 Å². The molecule has 0 atom stereocenters. The second-order valence-corrected chi connectivity index (χ2v) is 5.61. The van der Waals surface area contributed by atoms with Gasteiger partial charge in [-0.25, -0.2) is 4.98 Å². The lowest BCUT2D eigenvalue weighted by molar-refractivity contribution is 0.842. The fourth-order valence-electron chi connectivity index (χ4n) is 2.02. The number of thiazole rings is 1. The Morgan fingerprint density at radius 2 is 2.22 bits per heavy atom. The maximum atomic E-state index is 4.47. The number of fused-ring (bicyclic) bond motifs is 1. The molecule has 18 heavy (non-hydrogen) atoms. The molecule has 92 valence electrons. The molecule has 2 heterocycles. The Bertz CT molecular complexity index is 681. The fourth-order valence-corrected chi connectivity index (χ4v) is 2.89. The van der Waals surface area contributed by atoms with E-state index in [0.29, 0.717) is 0 Å². The van der Waals surface area contributed by atoms with E-state index in [2.05, 4.69) is 58.4 Å². The summed E-state index contributed by atoms with van der Waals surface area (Å²) in [4.78, 5) is 4.47. The monoisotopic (exact) mass is 257 g/mol. The molecule has 0 spiro atoms. The van der Waals surface area contributed by atoms with Gasteiger partial charge in [-0.3, -0.25) is 0 Å². The van der Waals surface area contributed by atoms with Gasteiger partial charge >= 0.3 is 0 Å². The van der Waals surface area contributed by atoms with E-state index in [1.54, 1.807) is 11.3 Å². The van der Waals surface area contributed by atoms with E-state index in [1.807, 2.05) is 6.92 Å². The van der Waals surface area contributed by atoms with Crippen molar-refractivity contribution in [2.45, 2.75) is 13.5 Å². The minimum atomic E-state index is 0.840. The first-order chi connectivity index (χ1) is 8.72. The van der Waals surface area contributed by atoms with Crippen LogP contribution >= 0.6 is 11.3 Å². The zero-order valence-electron chi connectivity index (χ0n) is 10.5. The van der Waals surface area contributed by atoms with E-state index < -0.39 is 0 Å². The summed E-state index contributed by atoms with van der Waals surface area (Å²) in [5.74, 6) is 0. The summed E-state index contributed by atoms with van der Waals surface area (Å²) in [5.41, 5.74) is 3.50. The van der Waals surface area contributed by atoms with Gasteiger partial charge in [-0.2, -0.15) is 0 Å². The molecule has 0 saturated carbocycles. The van der Waals surface area contributed by atoms with Crippen molar-refractivity contribution in [3.8, 4) is 0 Å². The van der Waals surface area contributed by atoms with E-state index in [1.165, 1.54) is 10.4 Å². The van der Waals surface area contributed by atoms with Crippen molar-refractivity contribution < 1.29 is 0 Å². The molecule has 1 aromatic carbocycles. The van der Waals surface area contributed by atoms with Crippen LogP contribution < -0.4 is 5.32 Å². The van der Waals surface area contributed by atoms with Crippen LogP contribution in [0.4, 0.5) is 5.69 Å². The van der Waals surface area contributed by atoms with Crippen molar-refractivity contribution in [2.75, 3.05) is 5.32 Å². The maximum absolute atomic E-state index is 4.47. The van der Waals surface area contributed by atoms with Crippen LogP contribution in [0.3, 0.4) is 0 Å². The van der Waals surface area contributed by atoms with Crippen LogP contribution in [0.15, 0.2) is 36.5 Å². The summed E-state index contributed by atoms with van der Waals surface area (Å²) in [5, 5.41) is 4.56. The molecule has 0 aliphatic heterocycles. The first kappa shape index (κ1) is 11.3. The lowest BCUT2D eigenvalue weighted by Gasteiger charge is -2.07. The Balaban J connectivity index is 1.80. The lowest BCUT2D eigenvalue weighted by atomic mass is 10.3. The molecule has 0 radical (unpaired) electrons. The molecule has 0 unspecified atom stereocenters. The van der Waals surface area contributed by atoms with Crippen LogP contribution in [0.5, 0.6) is 0 Å². The van der Waals surface area contributed by atoms with E-state index in [9.17, 15) is 0 Å². The van der Waals surface area contributed by atoms with E-state index in [4.69, 9.17) is 0 Å². The van der Waals surface area contributed by atoms with Gasteiger partial charge < -0.3 is 9.88 Å². The molecule has 2 aromatic heterocycles. The fraction of sp³-hybridized carbons (Fsp3) is 0.214. The van der Waals surface area contributed by atoms with E-state index >= 15 is 0 Å². The van der Waals surface area contributed by atoms with Gasteiger partial charge in [-0.1, -0.05) is 0 Å². The van der Waals surface area contributed by atoms with Crippen LogP contribution in [0.1, 0.15) is 10.7 Å². The first-order valence-corrected chi connectivity index (χ1v) is 6.75. The van der Waals surface area contributed by atoms with Gasteiger partial charge in [0.05, 0.1) is 21.8 Å². The highest BCUT2D eigenvalue weighted by Crippen LogP contribution is 2.24. The Morgan fingerprint density at radius 3 is 3.00 bits per heavy atom. The third kappa shape index (κ3) is 2.11. The van der Waals surface area contributed by atoms with Crippen LogP contribution in [-0.2, 0) is 13.6 Å². The van der Waals surface area contributed by atoms with Gasteiger partial charge in [0, 0.05) is 24.6 Å². The summed E-state index contributed by atoms with van der Waals surface area (Å²) in [6.07, 6.45) is 2.06. The van der Waals surface area contributed by atoms with Crippen molar-refractivity contribution >= 4 is 27.2 Å². The molecule has 3 aromatic rings. The summed E-state index contributed by atoms with van der Waals surface area (Å²) in [7, 11) is 2.06. The quantitative estimate of drug-likeness (QED) is 0.777. The summed E-state index contributed by atoms with van der Waals surface area (Å²) in [6.45, 7) is 2.88. The van der Waals surface area contributed by atoms with Gasteiger partial charge in [0.1, 0.15) is 0 Å². The Kier molecular flexibility index (Phi) is 2.80. The number of benzene rings is 1. The van der Waals surface area contributed by atoms with Crippen molar-refractivity contribution in [3.05, 3.63) is 47.2 Å². The molecular weight excluding hydrogens is 242 g/mol. The van der Waals surface area contributed by atoms with Crippen molar-refractivity contribution in [1.29, 1.82) is 0 Å². The van der Waals surface area contributed by atoms with Gasteiger partial charge in [-0.05, 0) is 37.3 Å². The van der Waals surface area contributed by atoms with E-state index in [0.717, 1.165) is 22.8 Å². The average molecular weight is 257 g/mol. The highest BCUT2D eigenvalue weighted by molar-refractivity contribution is 7.18. The second-order valence-electron chi connectivity index (χ2n) is 4.38. The highest BCUT2D eigenvalue weighted by Gasteiger charge is 2.02. The molecule has 0 aliphatic rings. The Hall–Kier alpha value is -1.81. The molecule has 0 bridgehead atoms. The molecule has 3 rings (SSSR count). The molecule has 0 aliphatic carbocycles. The predicted octanol–water partition coefficient (Wildman–Crippen LogP) is 3.56. The smallest absolute Gasteiger partial charge is 0.0907 e. The standard InChI is InChI=1S/C14H15N3S/c1-10-16-13-6-5-11(8-14(13)18-10)15-9-12-4-3-7-17(12)2/h3-8,15H,9H2,1-2H3. The number of nitrogens with zero attached hydrogens (tertiary/aromatic N) is 2. The molecule has 0 fully saturated rings. The number of nitrogens with one attached hydrogen (secondary N) is 1. The van der Waals surface area contributed by atoms with Crippen LogP contribution in [-0.4, -0.2) is 9.55 Å².